The van der Waals surface area contributed by atoms with Crippen LogP contribution in [-0.2, 0) is 0 Å². The fraction of sp³-hybridized carbons (Fsp3) is 0.250. The minimum absolute atomic E-state index is 0.0931. The van der Waals surface area contributed by atoms with E-state index in [0.717, 1.165) is 0 Å². The predicted molar refractivity (Wildman–Crippen MR) is 50.5 cm³/mol. The van der Waals surface area contributed by atoms with E-state index in [2.05, 4.69) is 4.98 Å². The van der Waals surface area contributed by atoms with E-state index in [9.17, 15) is 4.79 Å². The minimum atomic E-state index is -1.03. The molecule has 0 atom stereocenters. The molecule has 0 bridgehead atoms. The van der Waals surface area contributed by atoms with Crippen LogP contribution in [0.15, 0.2) is 12.3 Å². The maximum Gasteiger partial charge on any atom is 0.337 e. The van der Waals surface area contributed by atoms with Gasteiger partial charge in [-0.15, -0.1) is 0 Å². The SMILES string of the molecule is CN(C)c1ncc(C(=O)O)cc1Cl. The molecule has 1 aromatic heterocycles. The Balaban J connectivity index is 3.13. The molecule has 1 aromatic rings. The van der Waals surface area contributed by atoms with Gasteiger partial charge in [-0.1, -0.05) is 11.6 Å². The third-order valence-corrected chi connectivity index (χ3v) is 1.77. The van der Waals surface area contributed by atoms with Crippen molar-refractivity contribution in [2.24, 2.45) is 0 Å². The molecular weight excluding hydrogens is 192 g/mol. The molecule has 0 unspecified atom stereocenters. The lowest BCUT2D eigenvalue weighted by molar-refractivity contribution is 0.0696. The number of pyridine rings is 1. The molecule has 4 nitrogen and oxygen atoms in total. The number of halogens is 1. The Hall–Kier alpha value is -1.29. The monoisotopic (exact) mass is 200 g/mol. The van der Waals surface area contributed by atoms with Crippen molar-refractivity contribution in [1.29, 1.82) is 0 Å². The van der Waals surface area contributed by atoms with Crippen LogP contribution in [0.4, 0.5) is 5.82 Å². The van der Waals surface area contributed by atoms with Gasteiger partial charge in [0.1, 0.15) is 5.82 Å². The zero-order valence-electron chi connectivity index (χ0n) is 7.28. The Morgan fingerprint density at radius 2 is 2.23 bits per heavy atom. The number of carboxylic acid groups (broad SMARTS) is 1. The molecule has 5 heteroatoms. The Labute approximate surface area is 80.8 Å². The second kappa shape index (κ2) is 3.62. The van der Waals surface area contributed by atoms with E-state index >= 15 is 0 Å². The molecule has 1 N–H and O–H groups in total. The summed E-state index contributed by atoms with van der Waals surface area (Å²) in [6, 6.07) is 1.38. The van der Waals surface area contributed by atoms with Crippen LogP contribution in [0.5, 0.6) is 0 Å². The highest BCUT2D eigenvalue weighted by Gasteiger charge is 2.08. The van der Waals surface area contributed by atoms with E-state index in [-0.39, 0.29) is 5.56 Å². The van der Waals surface area contributed by atoms with Crippen molar-refractivity contribution >= 4 is 23.4 Å². The van der Waals surface area contributed by atoms with Crippen LogP contribution < -0.4 is 4.90 Å². The molecule has 1 rings (SSSR count). The minimum Gasteiger partial charge on any atom is -0.478 e. The molecule has 13 heavy (non-hydrogen) atoms. The van der Waals surface area contributed by atoms with Crippen molar-refractivity contribution in [3.63, 3.8) is 0 Å². The van der Waals surface area contributed by atoms with Crippen LogP contribution in [-0.4, -0.2) is 30.2 Å². The number of aromatic carboxylic acids is 1. The number of aromatic nitrogens is 1. The molecule has 0 spiro atoms. The quantitative estimate of drug-likeness (QED) is 0.786. The molecule has 0 aliphatic rings. The summed E-state index contributed by atoms with van der Waals surface area (Å²) in [5.74, 6) is -0.466. The topological polar surface area (TPSA) is 53.4 Å². The van der Waals surface area contributed by atoms with Crippen LogP contribution in [0.25, 0.3) is 0 Å². The smallest absolute Gasteiger partial charge is 0.337 e. The molecular formula is C8H9ClN2O2. The van der Waals surface area contributed by atoms with Gasteiger partial charge in [0.05, 0.1) is 10.6 Å². The average molecular weight is 201 g/mol. The summed E-state index contributed by atoms with van der Waals surface area (Å²) in [7, 11) is 3.57. The highest BCUT2D eigenvalue weighted by molar-refractivity contribution is 6.33. The van der Waals surface area contributed by atoms with Crippen molar-refractivity contribution in [2.45, 2.75) is 0 Å². The van der Waals surface area contributed by atoms with E-state index in [1.54, 1.807) is 19.0 Å². The number of carboxylic acids is 1. The highest BCUT2D eigenvalue weighted by atomic mass is 35.5. The number of hydrogen-bond donors (Lipinski definition) is 1. The summed E-state index contributed by atoms with van der Waals surface area (Å²) in [5.41, 5.74) is 0.0931. The third kappa shape index (κ3) is 2.09. The second-order valence-electron chi connectivity index (χ2n) is 2.73. The molecule has 0 saturated heterocycles. The van der Waals surface area contributed by atoms with Crippen LogP contribution >= 0.6 is 11.6 Å². The van der Waals surface area contributed by atoms with Crippen LogP contribution in [0, 0.1) is 0 Å². The van der Waals surface area contributed by atoms with Crippen molar-refractivity contribution < 1.29 is 9.90 Å². The number of hydrogen-bond acceptors (Lipinski definition) is 3. The van der Waals surface area contributed by atoms with E-state index in [4.69, 9.17) is 16.7 Å². The first kappa shape index (κ1) is 9.80. The van der Waals surface area contributed by atoms with Gasteiger partial charge in [-0.2, -0.15) is 0 Å². The molecule has 0 aromatic carbocycles. The predicted octanol–water partition coefficient (Wildman–Crippen LogP) is 1.50. The van der Waals surface area contributed by atoms with Gasteiger partial charge in [-0.05, 0) is 6.07 Å². The van der Waals surface area contributed by atoms with Crippen LogP contribution in [0.1, 0.15) is 10.4 Å². The van der Waals surface area contributed by atoms with Gasteiger partial charge >= 0.3 is 5.97 Å². The van der Waals surface area contributed by atoms with Crippen molar-refractivity contribution in [2.75, 3.05) is 19.0 Å². The summed E-state index contributed by atoms with van der Waals surface area (Å²) in [4.78, 5) is 16.2. The average Bonchev–Trinajstić information content (AvgIpc) is 2.03. The zero-order valence-corrected chi connectivity index (χ0v) is 8.04. The molecule has 0 aliphatic heterocycles. The Morgan fingerprint density at radius 3 is 2.62 bits per heavy atom. The number of carbonyl (C=O) groups is 1. The standard InChI is InChI=1S/C8H9ClN2O2/c1-11(2)7-6(9)3-5(4-10-7)8(12)13/h3-4H,1-2H3,(H,12,13). The lowest BCUT2D eigenvalue weighted by Crippen LogP contribution is -2.12. The Morgan fingerprint density at radius 1 is 1.62 bits per heavy atom. The summed E-state index contributed by atoms with van der Waals surface area (Å²) in [6.07, 6.45) is 1.28. The fourth-order valence-corrected chi connectivity index (χ4v) is 1.21. The second-order valence-corrected chi connectivity index (χ2v) is 3.14. The van der Waals surface area contributed by atoms with Gasteiger partial charge in [0.15, 0.2) is 0 Å². The third-order valence-electron chi connectivity index (χ3n) is 1.49. The number of anilines is 1. The zero-order chi connectivity index (χ0) is 10.0. The molecule has 0 aliphatic carbocycles. The lowest BCUT2D eigenvalue weighted by atomic mass is 10.3. The largest absolute Gasteiger partial charge is 0.478 e. The van der Waals surface area contributed by atoms with Crippen molar-refractivity contribution in [1.82, 2.24) is 4.98 Å². The molecule has 0 saturated carbocycles. The first-order chi connectivity index (χ1) is 6.02. The Kier molecular flexibility index (Phi) is 2.72. The molecule has 0 radical (unpaired) electrons. The van der Waals surface area contributed by atoms with E-state index in [0.29, 0.717) is 10.8 Å². The van der Waals surface area contributed by atoms with Crippen molar-refractivity contribution in [3.8, 4) is 0 Å². The first-order valence-corrected chi connectivity index (χ1v) is 3.96. The van der Waals surface area contributed by atoms with E-state index in [1.165, 1.54) is 12.3 Å². The maximum atomic E-state index is 10.5. The van der Waals surface area contributed by atoms with Crippen LogP contribution in [0.3, 0.4) is 0 Å². The molecule has 1 heterocycles. The van der Waals surface area contributed by atoms with E-state index in [1.807, 2.05) is 0 Å². The summed E-state index contributed by atoms with van der Waals surface area (Å²) in [5, 5.41) is 8.96. The first-order valence-electron chi connectivity index (χ1n) is 3.58. The molecule has 70 valence electrons. The molecule has 0 amide bonds. The summed E-state index contributed by atoms with van der Waals surface area (Å²) >= 11 is 5.80. The van der Waals surface area contributed by atoms with E-state index < -0.39 is 5.97 Å². The van der Waals surface area contributed by atoms with Gasteiger partial charge in [0.2, 0.25) is 0 Å². The fourth-order valence-electron chi connectivity index (χ4n) is 0.877. The van der Waals surface area contributed by atoms with Crippen LogP contribution in [0.2, 0.25) is 5.02 Å². The maximum absolute atomic E-state index is 10.5. The van der Waals surface area contributed by atoms with Gasteiger partial charge < -0.3 is 10.0 Å². The van der Waals surface area contributed by atoms with Gasteiger partial charge in [-0.25, -0.2) is 9.78 Å². The van der Waals surface area contributed by atoms with Gasteiger partial charge in [0, 0.05) is 20.3 Å². The summed E-state index contributed by atoms with van der Waals surface area (Å²) < 4.78 is 0. The lowest BCUT2D eigenvalue weighted by Gasteiger charge is -2.12. The number of nitrogens with zero attached hydrogens (tertiary/aromatic N) is 2. The number of rotatable bonds is 2. The summed E-state index contributed by atoms with van der Waals surface area (Å²) in [6.45, 7) is 0. The van der Waals surface area contributed by atoms with Gasteiger partial charge in [0.25, 0.3) is 0 Å². The molecule has 0 fully saturated rings. The Bertz CT molecular complexity index is 339. The normalized spacial score (nSPS) is 9.77. The highest BCUT2D eigenvalue weighted by Crippen LogP contribution is 2.21. The van der Waals surface area contributed by atoms with Crippen molar-refractivity contribution in [3.05, 3.63) is 22.8 Å². The van der Waals surface area contributed by atoms with Gasteiger partial charge in [-0.3, -0.25) is 0 Å².